The molecule has 2 aromatic carbocycles. The highest BCUT2D eigenvalue weighted by atomic mass is 31.2. The largest absolute Gasteiger partial charge is 0.492 e. The van der Waals surface area contributed by atoms with Crippen molar-refractivity contribution < 1.29 is 51.8 Å². The number of carboxylic acids is 1. The molecule has 18 heteroatoms. The summed E-state index contributed by atoms with van der Waals surface area (Å²) in [5.41, 5.74) is -1.43. The Bertz CT molecular complexity index is 1980. The molecular weight excluding hydrogens is 702 g/mol. The van der Waals surface area contributed by atoms with E-state index in [1.807, 2.05) is 0 Å². The third-order valence-electron chi connectivity index (χ3n) is 8.95. The molecule has 264 valence electrons. The smallest absolute Gasteiger partial charge is 0.395 e. The van der Waals surface area contributed by atoms with Gasteiger partial charge in [0.2, 0.25) is 11.3 Å². The summed E-state index contributed by atoms with van der Waals surface area (Å²) in [7, 11) is -6.76. The van der Waals surface area contributed by atoms with Gasteiger partial charge < -0.3 is 43.1 Å². The van der Waals surface area contributed by atoms with Crippen LogP contribution in [0, 0.1) is 5.82 Å². The van der Waals surface area contributed by atoms with E-state index >= 15 is 4.39 Å². The standard InChI is InChI=1S/C31H37FN3O11P3/c1-17-14-33(27-23(32)12-20-26(29(27)45-4)35(18-5-6-18)15-21(28(20)37)30(38)39)9-10-34(17)25(36)13-31(2,3)22-11-19(7-8-24(22)46-47-40)48(41)16-49(42,43)44/h7-8,11-12,15,17-18,48H,5-6,9-10,13-14,16H2,1-4H3,(H,38,39)(H2,42,43,44). The van der Waals surface area contributed by atoms with Gasteiger partial charge in [-0.2, -0.15) is 0 Å². The van der Waals surface area contributed by atoms with Gasteiger partial charge in [0.15, 0.2) is 11.6 Å². The molecule has 5 rings (SSSR count). The number of benzene rings is 2. The van der Waals surface area contributed by atoms with Crippen molar-refractivity contribution >= 4 is 57.9 Å². The van der Waals surface area contributed by atoms with Gasteiger partial charge in [0, 0.05) is 60.6 Å². The van der Waals surface area contributed by atoms with Gasteiger partial charge in [0.25, 0.3) is 0 Å². The van der Waals surface area contributed by atoms with Gasteiger partial charge in [-0.1, -0.05) is 13.8 Å². The Morgan fingerprint density at radius 1 is 1.18 bits per heavy atom. The van der Waals surface area contributed by atoms with Gasteiger partial charge in [0.05, 0.1) is 18.0 Å². The van der Waals surface area contributed by atoms with Gasteiger partial charge in [0.1, 0.15) is 30.7 Å². The lowest BCUT2D eigenvalue weighted by Crippen LogP contribution is -2.55. The number of nitrogens with zero attached hydrogens (tertiary/aromatic N) is 3. The quantitative estimate of drug-likeness (QED) is 0.221. The lowest BCUT2D eigenvalue weighted by Gasteiger charge is -2.42. The van der Waals surface area contributed by atoms with Crippen molar-refractivity contribution in [2.24, 2.45) is 0 Å². The minimum atomic E-state index is -4.56. The summed E-state index contributed by atoms with van der Waals surface area (Å²) in [5, 5.41) is 9.70. The van der Waals surface area contributed by atoms with Crippen molar-refractivity contribution in [3.05, 3.63) is 57.6 Å². The van der Waals surface area contributed by atoms with Crippen molar-refractivity contribution in [3.63, 3.8) is 0 Å². The van der Waals surface area contributed by atoms with Crippen molar-refractivity contribution in [1.29, 1.82) is 0 Å². The Kier molecular flexibility index (Phi) is 10.4. The number of ether oxygens (including phenoxy) is 1. The Hall–Kier alpha value is -3.60. The number of carboxylic acid groups (broad SMARTS) is 1. The molecule has 49 heavy (non-hydrogen) atoms. The molecule has 2 aliphatic rings. The molecule has 3 aromatic rings. The minimum absolute atomic E-state index is 0.0581. The molecule has 2 unspecified atom stereocenters. The van der Waals surface area contributed by atoms with Crippen LogP contribution in [0.2, 0.25) is 0 Å². The molecule has 0 radical (unpaired) electrons. The highest BCUT2D eigenvalue weighted by Crippen LogP contribution is 2.46. The number of aromatic carboxylic acids is 1. The normalized spacial score (nSPS) is 17.7. The van der Waals surface area contributed by atoms with Gasteiger partial charge in [-0.3, -0.25) is 14.2 Å². The highest BCUT2D eigenvalue weighted by Gasteiger charge is 2.37. The molecule has 2 heterocycles. The van der Waals surface area contributed by atoms with E-state index < -0.39 is 64.2 Å². The number of piperazine rings is 1. The summed E-state index contributed by atoms with van der Waals surface area (Å²) in [4.78, 5) is 60.7. The van der Waals surface area contributed by atoms with Crippen LogP contribution in [0.4, 0.5) is 10.1 Å². The maximum atomic E-state index is 15.9. The molecule has 2 fully saturated rings. The fourth-order valence-electron chi connectivity index (χ4n) is 6.46. The van der Waals surface area contributed by atoms with Crippen LogP contribution in [0.3, 0.4) is 0 Å². The first kappa shape index (κ1) is 36.7. The number of hydrogen-bond acceptors (Lipinski definition) is 9. The van der Waals surface area contributed by atoms with Crippen molar-refractivity contribution in [2.75, 3.05) is 37.5 Å². The summed E-state index contributed by atoms with van der Waals surface area (Å²) < 4.78 is 64.1. The number of anilines is 1. The van der Waals surface area contributed by atoms with Gasteiger partial charge in [-0.25, -0.2) is 13.8 Å². The fourth-order valence-corrected chi connectivity index (χ4v) is 9.50. The second-order valence-corrected chi connectivity index (χ2v) is 17.4. The third kappa shape index (κ3) is 7.61. The first-order valence-corrected chi connectivity index (χ1v) is 19.6. The zero-order valence-corrected chi connectivity index (χ0v) is 30.0. The van der Waals surface area contributed by atoms with E-state index in [2.05, 4.69) is 0 Å². The molecular formula is C31H37FN3O11P3. The summed E-state index contributed by atoms with van der Waals surface area (Å²) in [6, 6.07) is 4.82. The van der Waals surface area contributed by atoms with Crippen molar-refractivity contribution in [2.45, 2.75) is 57.5 Å². The second kappa shape index (κ2) is 14.0. The summed E-state index contributed by atoms with van der Waals surface area (Å²) in [6.45, 7) is 5.90. The number of carbonyl (C=O) groups excluding carboxylic acids is 1. The number of fused-ring (bicyclic) bond motifs is 1. The van der Waals surface area contributed by atoms with Crippen molar-refractivity contribution in [3.8, 4) is 11.5 Å². The minimum Gasteiger partial charge on any atom is -0.492 e. The SMILES string of the molecule is COc1c(N2CCN(C(=O)CC(C)(C)c3cc([PH](=O)CP(=O)(O)O)ccc3OP=O)C(C)C2)c(F)cc2c(=O)c(C(=O)O)cn(C3CC3)c12. The first-order chi connectivity index (χ1) is 23.0. The van der Waals surface area contributed by atoms with Gasteiger partial charge >= 0.3 is 22.3 Å². The Labute approximate surface area is 283 Å². The zero-order valence-electron chi connectivity index (χ0n) is 27.2. The van der Waals surface area contributed by atoms with Gasteiger partial charge in [-0.15, -0.1) is 0 Å². The predicted molar refractivity (Wildman–Crippen MR) is 181 cm³/mol. The lowest BCUT2D eigenvalue weighted by molar-refractivity contribution is -0.134. The van der Waals surface area contributed by atoms with Crippen LogP contribution in [0.15, 0.2) is 35.3 Å². The number of aromatic nitrogens is 1. The summed E-state index contributed by atoms with van der Waals surface area (Å²) in [6.07, 6.45) is 2.75. The van der Waals surface area contributed by atoms with E-state index in [4.69, 9.17) is 9.26 Å². The van der Waals surface area contributed by atoms with Crippen LogP contribution < -0.4 is 24.9 Å². The molecule has 1 saturated heterocycles. The summed E-state index contributed by atoms with van der Waals surface area (Å²) in [5.74, 6) is -2.98. The number of methoxy groups -OCH3 is 1. The number of halogens is 1. The van der Waals surface area contributed by atoms with E-state index in [0.717, 1.165) is 18.9 Å². The van der Waals surface area contributed by atoms with E-state index in [0.29, 0.717) is 11.1 Å². The molecule has 0 bridgehead atoms. The summed E-state index contributed by atoms with van der Waals surface area (Å²) >= 11 is 0. The number of hydrogen-bond donors (Lipinski definition) is 3. The molecule has 1 aliphatic carbocycles. The number of rotatable bonds is 12. The maximum Gasteiger partial charge on any atom is 0.395 e. The monoisotopic (exact) mass is 739 g/mol. The molecule has 1 aromatic heterocycles. The van der Waals surface area contributed by atoms with Crippen LogP contribution in [0.25, 0.3) is 10.9 Å². The van der Waals surface area contributed by atoms with E-state index in [-0.39, 0.29) is 65.9 Å². The molecule has 1 amide bonds. The Morgan fingerprint density at radius 3 is 2.45 bits per heavy atom. The maximum absolute atomic E-state index is 15.9. The van der Waals surface area contributed by atoms with Crippen LogP contribution in [0.5, 0.6) is 11.5 Å². The topological polar surface area (TPSA) is 193 Å². The lowest BCUT2D eigenvalue weighted by atomic mass is 9.80. The number of amides is 1. The van der Waals surface area contributed by atoms with Crippen LogP contribution in [-0.2, 0) is 23.9 Å². The zero-order chi connectivity index (χ0) is 36.0. The molecule has 14 nitrogen and oxygen atoms in total. The predicted octanol–water partition coefficient (Wildman–Crippen LogP) is 4.49. The Morgan fingerprint density at radius 2 is 1.88 bits per heavy atom. The Balaban J connectivity index is 1.41. The number of pyridine rings is 1. The first-order valence-electron chi connectivity index (χ1n) is 15.4. The molecule has 1 saturated carbocycles. The average Bonchev–Trinajstić information content (AvgIpc) is 3.85. The van der Waals surface area contributed by atoms with Crippen molar-refractivity contribution in [1.82, 2.24) is 9.47 Å². The van der Waals surface area contributed by atoms with E-state index in [1.54, 1.807) is 35.1 Å². The second-order valence-electron chi connectivity index (χ2n) is 13.0. The molecule has 0 spiro atoms. The van der Waals surface area contributed by atoms with E-state index in [1.165, 1.54) is 31.5 Å². The molecule has 1 aliphatic heterocycles. The molecule has 2 atom stereocenters. The van der Waals surface area contributed by atoms with Crippen LogP contribution in [-0.4, -0.2) is 74.9 Å². The highest BCUT2D eigenvalue weighted by molar-refractivity contribution is 7.69. The average molecular weight is 740 g/mol. The fraction of sp³-hybridized carbons (Fsp3) is 0.452. The van der Waals surface area contributed by atoms with Crippen LogP contribution >= 0.6 is 24.1 Å². The number of carbonyl (C=O) groups is 2. The molecule has 3 N–H and O–H groups in total. The van der Waals surface area contributed by atoms with Crippen LogP contribution in [0.1, 0.15) is 62.0 Å². The third-order valence-corrected chi connectivity index (χ3v) is 13.0. The van der Waals surface area contributed by atoms with E-state index in [9.17, 15) is 43.0 Å². The van der Waals surface area contributed by atoms with Gasteiger partial charge in [-0.05, 0) is 44.0 Å².